The highest BCUT2D eigenvalue weighted by molar-refractivity contribution is 6.36. The molecular formula is C16H15Cl2NO. The van der Waals surface area contributed by atoms with Gasteiger partial charge in [-0.05, 0) is 38.1 Å². The molecule has 1 unspecified atom stereocenters. The fraction of sp³-hybridized carbons (Fsp3) is 0.250. The molecule has 4 heteroatoms. The van der Waals surface area contributed by atoms with Crippen molar-refractivity contribution in [1.82, 2.24) is 0 Å². The predicted molar refractivity (Wildman–Crippen MR) is 84.0 cm³/mol. The number of hydrogen-bond acceptors (Lipinski definition) is 2. The molecule has 104 valence electrons. The minimum atomic E-state index is -0.341. The van der Waals surface area contributed by atoms with Gasteiger partial charge in [-0.25, -0.2) is 0 Å². The van der Waals surface area contributed by atoms with Crippen LogP contribution in [-0.2, 0) is 0 Å². The zero-order chi connectivity index (χ0) is 14.3. The predicted octanol–water partition coefficient (Wildman–Crippen LogP) is 5.32. The number of ether oxygens (including phenoxy) is 1. The second-order valence-corrected chi connectivity index (χ2v) is 6.29. The van der Waals surface area contributed by atoms with Crippen LogP contribution in [0.1, 0.15) is 25.5 Å². The largest absolute Gasteiger partial charge is 0.485 e. The molecule has 0 saturated carbocycles. The molecule has 2 nitrogen and oxygen atoms in total. The number of rotatable bonds is 2. The SMILES string of the molecule is CC1(C)Oc2ccccc2C1Nc1ccc(Cl)cc1Cl. The second-order valence-electron chi connectivity index (χ2n) is 5.44. The molecule has 0 spiro atoms. The van der Waals surface area contributed by atoms with E-state index in [1.807, 2.05) is 30.3 Å². The van der Waals surface area contributed by atoms with Crippen LogP contribution in [0.5, 0.6) is 5.75 Å². The fourth-order valence-corrected chi connectivity index (χ4v) is 3.01. The number of para-hydroxylation sites is 1. The van der Waals surface area contributed by atoms with Crippen molar-refractivity contribution < 1.29 is 4.74 Å². The van der Waals surface area contributed by atoms with Crippen LogP contribution in [0.25, 0.3) is 0 Å². The lowest BCUT2D eigenvalue weighted by Crippen LogP contribution is -2.34. The maximum Gasteiger partial charge on any atom is 0.128 e. The normalized spacial score (nSPS) is 19.3. The summed E-state index contributed by atoms with van der Waals surface area (Å²) in [6.45, 7) is 4.13. The van der Waals surface area contributed by atoms with Gasteiger partial charge in [-0.15, -0.1) is 0 Å². The number of halogens is 2. The van der Waals surface area contributed by atoms with Gasteiger partial charge in [0.25, 0.3) is 0 Å². The van der Waals surface area contributed by atoms with Gasteiger partial charge in [0, 0.05) is 10.6 Å². The van der Waals surface area contributed by atoms with Crippen LogP contribution in [0.2, 0.25) is 10.0 Å². The first-order chi connectivity index (χ1) is 9.47. The van der Waals surface area contributed by atoms with E-state index in [0.29, 0.717) is 10.0 Å². The topological polar surface area (TPSA) is 21.3 Å². The molecule has 1 aliphatic heterocycles. The zero-order valence-corrected chi connectivity index (χ0v) is 12.8. The van der Waals surface area contributed by atoms with Crippen molar-refractivity contribution in [2.75, 3.05) is 5.32 Å². The van der Waals surface area contributed by atoms with Gasteiger partial charge < -0.3 is 10.1 Å². The molecule has 1 atom stereocenters. The van der Waals surface area contributed by atoms with Gasteiger partial charge in [-0.1, -0.05) is 41.4 Å². The molecule has 0 amide bonds. The number of fused-ring (bicyclic) bond motifs is 1. The maximum atomic E-state index is 6.24. The van der Waals surface area contributed by atoms with Crippen LogP contribution in [0.4, 0.5) is 5.69 Å². The Balaban J connectivity index is 1.97. The lowest BCUT2D eigenvalue weighted by molar-refractivity contribution is 0.118. The third kappa shape index (κ3) is 2.34. The van der Waals surface area contributed by atoms with E-state index in [9.17, 15) is 0 Å². The Kier molecular flexibility index (Phi) is 3.31. The molecule has 20 heavy (non-hydrogen) atoms. The fourth-order valence-electron chi connectivity index (χ4n) is 2.54. The summed E-state index contributed by atoms with van der Waals surface area (Å²) in [7, 11) is 0. The third-order valence-corrected chi connectivity index (χ3v) is 4.08. The average molecular weight is 308 g/mol. The molecule has 0 fully saturated rings. The molecule has 1 aliphatic rings. The standard InChI is InChI=1S/C16H15Cl2NO/c1-16(2)15(11-5-3-4-6-14(11)20-16)19-13-8-7-10(17)9-12(13)18/h3-9,15,19H,1-2H3. The zero-order valence-electron chi connectivity index (χ0n) is 11.3. The summed E-state index contributed by atoms with van der Waals surface area (Å²) < 4.78 is 6.01. The molecule has 0 saturated heterocycles. The molecule has 1 heterocycles. The van der Waals surface area contributed by atoms with Gasteiger partial charge in [0.2, 0.25) is 0 Å². The molecule has 0 bridgehead atoms. The van der Waals surface area contributed by atoms with Gasteiger partial charge in [-0.3, -0.25) is 0 Å². The van der Waals surface area contributed by atoms with E-state index in [2.05, 4.69) is 25.2 Å². The van der Waals surface area contributed by atoms with Crippen molar-refractivity contribution in [2.45, 2.75) is 25.5 Å². The Hall–Kier alpha value is -1.38. The van der Waals surface area contributed by atoms with Crippen LogP contribution >= 0.6 is 23.2 Å². The van der Waals surface area contributed by atoms with Crippen molar-refractivity contribution in [3.63, 3.8) is 0 Å². The minimum Gasteiger partial charge on any atom is -0.485 e. The average Bonchev–Trinajstić information content (AvgIpc) is 2.63. The monoisotopic (exact) mass is 307 g/mol. The van der Waals surface area contributed by atoms with Crippen LogP contribution in [-0.4, -0.2) is 5.60 Å². The summed E-state index contributed by atoms with van der Waals surface area (Å²) in [6, 6.07) is 13.5. The molecule has 2 aromatic carbocycles. The quantitative estimate of drug-likeness (QED) is 0.811. The van der Waals surface area contributed by atoms with Gasteiger partial charge in [0.05, 0.1) is 16.8 Å². The summed E-state index contributed by atoms with van der Waals surface area (Å²) in [4.78, 5) is 0. The summed E-state index contributed by atoms with van der Waals surface area (Å²) in [5, 5.41) is 4.70. The number of anilines is 1. The molecule has 0 radical (unpaired) electrons. The van der Waals surface area contributed by atoms with E-state index in [0.717, 1.165) is 17.0 Å². The van der Waals surface area contributed by atoms with Crippen molar-refractivity contribution in [1.29, 1.82) is 0 Å². The Morgan fingerprint density at radius 1 is 1.10 bits per heavy atom. The van der Waals surface area contributed by atoms with E-state index in [1.165, 1.54) is 0 Å². The smallest absolute Gasteiger partial charge is 0.128 e. The Bertz CT molecular complexity index is 655. The summed E-state index contributed by atoms with van der Waals surface area (Å²) in [5.41, 5.74) is 1.66. The first-order valence-electron chi connectivity index (χ1n) is 6.47. The van der Waals surface area contributed by atoms with Gasteiger partial charge >= 0.3 is 0 Å². The van der Waals surface area contributed by atoms with E-state index in [1.54, 1.807) is 6.07 Å². The first-order valence-corrected chi connectivity index (χ1v) is 7.22. The van der Waals surface area contributed by atoms with Crippen molar-refractivity contribution in [2.24, 2.45) is 0 Å². The number of nitrogens with one attached hydrogen (secondary N) is 1. The molecule has 0 aromatic heterocycles. The molecule has 1 N–H and O–H groups in total. The summed E-state index contributed by atoms with van der Waals surface area (Å²) in [5.74, 6) is 0.917. The summed E-state index contributed by atoms with van der Waals surface area (Å²) in [6.07, 6.45) is 0. The van der Waals surface area contributed by atoms with Crippen molar-refractivity contribution >= 4 is 28.9 Å². The van der Waals surface area contributed by atoms with Crippen molar-refractivity contribution in [3.8, 4) is 5.75 Å². The number of benzene rings is 2. The molecule has 2 aromatic rings. The van der Waals surface area contributed by atoms with E-state index in [-0.39, 0.29) is 11.6 Å². The van der Waals surface area contributed by atoms with Gasteiger partial charge in [0.15, 0.2) is 0 Å². The lowest BCUT2D eigenvalue weighted by atomic mass is 9.94. The highest BCUT2D eigenvalue weighted by atomic mass is 35.5. The maximum absolute atomic E-state index is 6.24. The van der Waals surface area contributed by atoms with Crippen LogP contribution < -0.4 is 10.1 Å². The lowest BCUT2D eigenvalue weighted by Gasteiger charge is -2.28. The van der Waals surface area contributed by atoms with E-state index in [4.69, 9.17) is 27.9 Å². The highest BCUT2D eigenvalue weighted by Crippen LogP contribution is 2.45. The third-order valence-electron chi connectivity index (χ3n) is 3.53. The van der Waals surface area contributed by atoms with Gasteiger partial charge in [-0.2, -0.15) is 0 Å². The first kappa shape index (κ1) is 13.6. The molecular weight excluding hydrogens is 293 g/mol. The van der Waals surface area contributed by atoms with E-state index >= 15 is 0 Å². The Morgan fingerprint density at radius 3 is 2.60 bits per heavy atom. The Labute approximate surface area is 128 Å². The highest BCUT2D eigenvalue weighted by Gasteiger charge is 2.41. The number of hydrogen-bond donors (Lipinski definition) is 1. The minimum absolute atomic E-state index is 0.0392. The summed E-state index contributed by atoms with van der Waals surface area (Å²) >= 11 is 12.2. The Morgan fingerprint density at radius 2 is 1.85 bits per heavy atom. The second kappa shape index (κ2) is 4.87. The van der Waals surface area contributed by atoms with Crippen molar-refractivity contribution in [3.05, 3.63) is 58.1 Å². The molecule has 3 rings (SSSR count). The van der Waals surface area contributed by atoms with Crippen LogP contribution in [0, 0.1) is 0 Å². The van der Waals surface area contributed by atoms with E-state index < -0.39 is 0 Å². The van der Waals surface area contributed by atoms with Crippen LogP contribution in [0.3, 0.4) is 0 Å². The molecule has 0 aliphatic carbocycles. The van der Waals surface area contributed by atoms with Gasteiger partial charge in [0.1, 0.15) is 11.4 Å². The van der Waals surface area contributed by atoms with Crippen LogP contribution in [0.15, 0.2) is 42.5 Å².